The molecule has 0 N–H and O–H groups in total. The molecule has 0 spiro atoms. The first-order chi connectivity index (χ1) is 12.1. The average molecular weight is 341 g/mol. The molecule has 2 aromatic rings. The Kier molecular flexibility index (Phi) is 5.12. The molecule has 2 aromatic carbocycles. The molecule has 1 amide bonds. The van der Waals surface area contributed by atoms with Crippen LogP contribution in [0.4, 0.5) is 4.39 Å². The van der Waals surface area contributed by atoms with Crippen LogP contribution in [-0.4, -0.2) is 36.8 Å². The monoisotopic (exact) mass is 341 g/mol. The molecular formula is C20H20FNO3. The van der Waals surface area contributed by atoms with Crippen molar-refractivity contribution >= 4 is 11.7 Å². The van der Waals surface area contributed by atoms with Gasteiger partial charge >= 0.3 is 0 Å². The van der Waals surface area contributed by atoms with E-state index in [-0.39, 0.29) is 23.2 Å². The molecule has 0 unspecified atom stereocenters. The summed E-state index contributed by atoms with van der Waals surface area (Å²) in [4.78, 5) is 26.6. The summed E-state index contributed by atoms with van der Waals surface area (Å²) < 4.78 is 18.9. The zero-order valence-corrected chi connectivity index (χ0v) is 14.1. The van der Waals surface area contributed by atoms with Crippen molar-refractivity contribution < 1.29 is 18.7 Å². The highest BCUT2D eigenvalue weighted by Crippen LogP contribution is 2.24. The number of nitrogens with zero attached hydrogens (tertiary/aromatic N) is 1. The van der Waals surface area contributed by atoms with Crippen molar-refractivity contribution in [3.8, 4) is 5.75 Å². The zero-order valence-electron chi connectivity index (χ0n) is 14.1. The quantitative estimate of drug-likeness (QED) is 0.799. The van der Waals surface area contributed by atoms with Gasteiger partial charge in [-0.3, -0.25) is 9.59 Å². The summed E-state index contributed by atoms with van der Waals surface area (Å²) >= 11 is 0. The molecule has 1 aliphatic heterocycles. The van der Waals surface area contributed by atoms with Crippen molar-refractivity contribution in [1.29, 1.82) is 0 Å². The molecule has 0 radical (unpaired) electrons. The van der Waals surface area contributed by atoms with Crippen LogP contribution in [-0.2, 0) is 0 Å². The number of ether oxygens (including phenoxy) is 1. The first kappa shape index (κ1) is 17.1. The van der Waals surface area contributed by atoms with Crippen molar-refractivity contribution in [2.45, 2.75) is 12.8 Å². The molecule has 1 aliphatic rings. The zero-order chi connectivity index (χ0) is 17.8. The summed E-state index contributed by atoms with van der Waals surface area (Å²) in [5, 5.41) is 0. The van der Waals surface area contributed by atoms with Gasteiger partial charge in [-0.2, -0.15) is 0 Å². The highest BCUT2D eigenvalue weighted by atomic mass is 19.1. The first-order valence-corrected chi connectivity index (χ1v) is 8.32. The van der Waals surface area contributed by atoms with E-state index in [9.17, 15) is 14.0 Å². The number of likely N-dealkylation sites (tertiary alicyclic amines) is 1. The maximum atomic E-state index is 13.8. The van der Waals surface area contributed by atoms with E-state index in [4.69, 9.17) is 4.74 Å². The lowest BCUT2D eigenvalue weighted by atomic mass is 9.88. The lowest BCUT2D eigenvalue weighted by molar-refractivity contribution is 0.0646. The minimum absolute atomic E-state index is 0.0839. The Bertz CT molecular complexity index is 765. The smallest absolute Gasteiger partial charge is 0.256 e. The lowest BCUT2D eigenvalue weighted by Gasteiger charge is -2.31. The summed E-state index contributed by atoms with van der Waals surface area (Å²) in [7, 11) is 1.58. The van der Waals surface area contributed by atoms with Gasteiger partial charge in [0.15, 0.2) is 5.78 Å². The number of ketones is 1. The van der Waals surface area contributed by atoms with E-state index in [1.165, 1.54) is 12.1 Å². The minimum atomic E-state index is -0.510. The molecule has 4 nitrogen and oxygen atoms in total. The topological polar surface area (TPSA) is 46.6 Å². The number of carbonyl (C=O) groups excluding carboxylic acids is 2. The normalized spacial score (nSPS) is 15.0. The molecule has 0 aliphatic carbocycles. The van der Waals surface area contributed by atoms with E-state index >= 15 is 0 Å². The van der Waals surface area contributed by atoms with E-state index in [0.29, 0.717) is 37.2 Å². The van der Waals surface area contributed by atoms with Crippen molar-refractivity contribution in [2.75, 3.05) is 20.2 Å². The molecule has 3 rings (SSSR count). The molecule has 0 atom stereocenters. The van der Waals surface area contributed by atoms with Gasteiger partial charge < -0.3 is 9.64 Å². The third-order valence-corrected chi connectivity index (χ3v) is 4.63. The van der Waals surface area contributed by atoms with Gasteiger partial charge in [0.05, 0.1) is 12.7 Å². The number of carbonyl (C=O) groups is 2. The van der Waals surface area contributed by atoms with Crippen LogP contribution in [0.2, 0.25) is 0 Å². The minimum Gasteiger partial charge on any atom is -0.497 e. The largest absolute Gasteiger partial charge is 0.497 e. The van der Waals surface area contributed by atoms with Crippen LogP contribution in [0.5, 0.6) is 5.75 Å². The second-order valence-corrected chi connectivity index (χ2v) is 6.14. The Hall–Kier alpha value is -2.69. The van der Waals surface area contributed by atoms with E-state index < -0.39 is 5.82 Å². The highest BCUT2D eigenvalue weighted by molar-refractivity contribution is 5.98. The van der Waals surface area contributed by atoms with Crippen LogP contribution in [0.3, 0.4) is 0 Å². The standard InChI is InChI=1S/C20H20FNO3/c1-25-16-8-6-14(7-9-16)19(23)15-10-12-22(13-11-15)20(24)17-4-2-3-5-18(17)21/h2-9,15H,10-13H2,1H3. The summed E-state index contributed by atoms with van der Waals surface area (Å²) in [6, 6.07) is 13.0. The van der Waals surface area contributed by atoms with Crippen LogP contribution in [0, 0.1) is 11.7 Å². The number of Topliss-reactive ketones (excluding diaryl/α,β-unsaturated/α-hetero) is 1. The van der Waals surface area contributed by atoms with Gasteiger partial charge in [0, 0.05) is 24.6 Å². The number of amides is 1. The number of rotatable bonds is 4. The number of hydrogen-bond acceptors (Lipinski definition) is 3. The van der Waals surface area contributed by atoms with Gasteiger partial charge in [0.25, 0.3) is 5.91 Å². The third kappa shape index (κ3) is 3.71. The molecule has 130 valence electrons. The molecule has 1 fully saturated rings. The Labute approximate surface area is 146 Å². The van der Waals surface area contributed by atoms with Crippen molar-refractivity contribution in [3.63, 3.8) is 0 Å². The van der Waals surface area contributed by atoms with Gasteiger partial charge in [-0.05, 0) is 49.2 Å². The number of piperidine rings is 1. The van der Waals surface area contributed by atoms with Crippen LogP contribution >= 0.6 is 0 Å². The van der Waals surface area contributed by atoms with Crippen LogP contribution < -0.4 is 4.74 Å². The molecule has 1 saturated heterocycles. The fourth-order valence-corrected chi connectivity index (χ4v) is 3.14. The predicted molar refractivity (Wildman–Crippen MR) is 92.4 cm³/mol. The maximum absolute atomic E-state index is 13.8. The Morgan fingerprint density at radius 2 is 1.68 bits per heavy atom. The van der Waals surface area contributed by atoms with Gasteiger partial charge in [-0.15, -0.1) is 0 Å². The molecule has 1 heterocycles. The molecule has 5 heteroatoms. The average Bonchev–Trinajstić information content (AvgIpc) is 2.67. The number of methoxy groups -OCH3 is 1. The fraction of sp³-hybridized carbons (Fsp3) is 0.300. The van der Waals surface area contributed by atoms with Gasteiger partial charge in [-0.25, -0.2) is 4.39 Å². The van der Waals surface area contributed by atoms with Crippen molar-refractivity contribution in [1.82, 2.24) is 4.90 Å². The molecular weight excluding hydrogens is 321 g/mol. The molecule has 0 saturated carbocycles. The van der Waals surface area contributed by atoms with E-state index in [1.807, 2.05) is 0 Å². The Morgan fingerprint density at radius 1 is 1.04 bits per heavy atom. The number of halogens is 1. The summed E-state index contributed by atoms with van der Waals surface area (Å²) in [6.45, 7) is 0.916. The molecule has 0 aromatic heterocycles. The summed E-state index contributed by atoms with van der Waals surface area (Å²) in [5.74, 6) is -0.141. The maximum Gasteiger partial charge on any atom is 0.256 e. The van der Waals surface area contributed by atoms with Crippen LogP contribution in [0.15, 0.2) is 48.5 Å². The number of benzene rings is 2. The Balaban J connectivity index is 1.62. The molecule has 0 bridgehead atoms. The first-order valence-electron chi connectivity index (χ1n) is 8.32. The van der Waals surface area contributed by atoms with Gasteiger partial charge in [0.2, 0.25) is 0 Å². The third-order valence-electron chi connectivity index (χ3n) is 4.63. The van der Waals surface area contributed by atoms with Gasteiger partial charge in [-0.1, -0.05) is 12.1 Å². The van der Waals surface area contributed by atoms with E-state index in [1.54, 1.807) is 48.4 Å². The van der Waals surface area contributed by atoms with Crippen LogP contribution in [0.25, 0.3) is 0 Å². The predicted octanol–water partition coefficient (Wildman–Crippen LogP) is 3.57. The summed E-state index contributed by atoms with van der Waals surface area (Å²) in [6.07, 6.45) is 1.18. The second-order valence-electron chi connectivity index (χ2n) is 6.14. The van der Waals surface area contributed by atoms with E-state index in [0.717, 1.165) is 0 Å². The highest BCUT2D eigenvalue weighted by Gasteiger charge is 2.29. The second kappa shape index (κ2) is 7.47. The van der Waals surface area contributed by atoms with Crippen molar-refractivity contribution in [3.05, 3.63) is 65.5 Å². The van der Waals surface area contributed by atoms with Crippen LogP contribution in [0.1, 0.15) is 33.6 Å². The lowest BCUT2D eigenvalue weighted by Crippen LogP contribution is -2.40. The molecule has 25 heavy (non-hydrogen) atoms. The SMILES string of the molecule is COc1ccc(C(=O)C2CCN(C(=O)c3ccccc3F)CC2)cc1. The van der Waals surface area contributed by atoms with E-state index in [2.05, 4.69) is 0 Å². The number of hydrogen-bond donors (Lipinski definition) is 0. The summed E-state index contributed by atoms with van der Waals surface area (Å²) in [5.41, 5.74) is 0.738. The fourth-order valence-electron chi connectivity index (χ4n) is 3.14. The van der Waals surface area contributed by atoms with Gasteiger partial charge in [0.1, 0.15) is 11.6 Å². The Morgan fingerprint density at radius 3 is 2.28 bits per heavy atom. The van der Waals surface area contributed by atoms with Crippen molar-refractivity contribution in [2.24, 2.45) is 5.92 Å².